The quantitative estimate of drug-likeness (QED) is 0.179. The molecule has 0 unspecified atom stereocenters. The number of carbonyl (C=O) groups is 2. The Bertz CT molecular complexity index is 950. The number of nitrogen functional groups attached to an aromatic ring is 2. The Morgan fingerprint density at radius 3 is 2.39 bits per heavy atom. The minimum atomic E-state index is -0.674. The van der Waals surface area contributed by atoms with E-state index in [1.165, 1.54) is 0 Å². The summed E-state index contributed by atoms with van der Waals surface area (Å²) >= 11 is 5.82. The number of nitrogens with one attached hydrogen (secondary N) is 2. The number of hydrogen-bond acceptors (Lipinski definition) is 8. The average Bonchev–Trinajstić information content (AvgIpc) is 2.74. The van der Waals surface area contributed by atoms with Crippen LogP contribution in [0.4, 0.5) is 11.6 Å². The number of halogens is 1. The van der Waals surface area contributed by atoms with Crippen LogP contribution in [0.15, 0.2) is 24.3 Å². The molecule has 0 fully saturated rings. The Labute approximate surface area is 184 Å². The number of benzene rings is 1. The molecule has 1 heterocycles. The van der Waals surface area contributed by atoms with Gasteiger partial charge >= 0.3 is 0 Å². The van der Waals surface area contributed by atoms with E-state index >= 15 is 0 Å². The summed E-state index contributed by atoms with van der Waals surface area (Å²) in [4.78, 5) is 33.3. The number of anilines is 2. The van der Waals surface area contributed by atoms with Crippen LogP contribution in [-0.2, 0) is 6.42 Å². The average molecular weight is 448 g/mol. The van der Waals surface area contributed by atoms with Crippen molar-refractivity contribution >= 4 is 41.0 Å². The topological polar surface area (TPSA) is 203 Å². The maximum atomic E-state index is 12.7. The highest BCUT2D eigenvalue weighted by Gasteiger charge is 2.23. The van der Waals surface area contributed by atoms with Gasteiger partial charge in [0.05, 0.1) is 0 Å². The second-order valence-electron chi connectivity index (χ2n) is 6.67. The zero-order valence-corrected chi connectivity index (χ0v) is 17.7. The first-order chi connectivity index (χ1) is 14.7. The Morgan fingerprint density at radius 1 is 1.10 bits per heavy atom. The molecule has 0 aliphatic heterocycles. The molecule has 10 N–H and O–H groups in total. The summed E-state index contributed by atoms with van der Waals surface area (Å²) in [6.07, 6.45) is 2.01. The molecule has 0 radical (unpaired) electrons. The Balaban J connectivity index is 1.92. The van der Waals surface area contributed by atoms with E-state index in [9.17, 15) is 9.59 Å². The van der Waals surface area contributed by atoms with Gasteiger partial charge in [-0.15, -0.1) is 0 Å². The largest absolute Gasteiger partial charge is 0.382 e. The van der Waals surface area contributed by atoms with E-state index in [-0.39, 0.29) is 34.9 Å². The first-order valence-electron chi connectivity index (χ1n) is 9.56. The molecule has 0 bridgehead atoms. The van der Waals surface area contributed by atoms with E-state index in [0.29, 0.717) is 25.1 Å². The maximum Gasteiger partial charge on any atom is 0.283 e. The lowest BCUT2D eigenvalue weighted by Gasteiger charge is -2.20. The summed E-state index contributed by atoms with van der Waals surface area (Å²) in [6.45, 7) is 0.997. The van der Waals surface area contributed by atoms with Crippen LogP contribution in [-0.4, -0.2) is 52.3 Å². The van der Waals surface area contributed by atoms with E-state index in [0.717, 1.165) is 23.3 Å². The van der Waals surface area contributed by atoms with Crippen LogP contribution in [0.2, 0.25) is 5.15 Å². The van der Waals surface area contributed by atoms with Gasteiger partial charge in [0, 0.05) is 25.2 Å². The van der Waals surface area contributed by atoms with Crippen molar-refractivity contribution in [3.05, 3.63) is 46.2 Å². The molecule has 0 saturated heterocycles. The number of nitrogens with two attached hydrogens (primary N) is 4. The number of rotatable bonds is 9. The highest BCUT2D eigenvalue weighted by atomic mass is 35.5. The summed E-state index contributed by atoms with van der Waals surface area (Å²) in [6, 6.07) is 7.24. The van der Waals surface area contributed by atoms with Crippen molar-refractivity contribution < 1.29 is 9.59 Å². The third kappa shape index (κ3) is 6.52. The van der Waals surface area contributed by atoms with Crippen LogP contribution < -0.4 is 28.3 Å². The van der Waals surface area contributed by atoms with Crippen LogP contribution >= 0.6 is 11.6 Å². The smallest absolute Gasteiger partial charge is 0.283 e. The highest BCUT2D eigenvalue weighted by molar-refractivity contribution is 6.31. The maximum absolute atomic E-state index is 12.7. The molecule has 12 heteroatoms. The molecule has 1 aromatic carbocycles. The molecule has 0 saturated carbocycles. The van der Waals surface area contributed by atoms with Gasteiger partial charge in [0.2, 0.25) is 0 Å². The van der Waals surface area contributed by atoms with Crippen LogP contribution in [0.5, 0.6) is 0 Å². The summed E-state index contributed by atoms with van der Waals surface area (Å²) in [5.74, 6) is -1.56. The van der Waals surface area contributed by atoms with Crippen LogP contribution in [0, 0.1) is 5.41 Å². The first kappa shape index (κ1) is 23.8. The van der Waals surface area contributed by atoms with Gasteiger partial charge in [0.25, 0.3) is 11.8 Å². The van der Waals surface area contributed by atoms with Crippen molar-refractivity contribution in [2.75, 3.05) is 31.1 Å². The molecule has 0 atom stereocenters. The van der Waals surface area contributed by atoms with Crippen LogP contribution in [0.1, 0.15) is 39.3 Å². The molecule has 0 spiro atoms. The van der Waals surface area contributed by atoms with E-state index in [2.05, 4.69) is 15.3 Å². The van der Waals surface area contributed by atoms with E-state index in [1.807, 2.05) is 12.1 Å². The zero-order valence-electron chi connectivity index (χ0n) is 16.9. The Morgan fingerprint density at radius 2 is 1.77 bits per heavy atom. The molecular weight excluding hydrogens is 422 g/mol. The Kier molecular flexibility index (Phi) is 8.53. The van der Waals surface area contributed by atoms with Crippen LogP contribution in [0.25, 0.3) is 0 Å². The third-order valence-corrected chi connectivity index (χ3v) is 4.66. The molecule has 2 amide bonds. The standard InChI is InChI=1S/C19H26ClN9O2/c20-14-16(23)28-15(22)13(27-14)18(31)29(19(24)25)10-2-1-3-11-4-6-12(7-5-11)17(30)26-9-8-21/h4-7H,1-3,8-10,21H2,(H3,24,25)(H,26,30)(H4,22,23,28). The SMILES string of the molecule is N=C(N)N(CCCCc1ccc(C(=O)NCCN)cc1)C(=O)c1nc(Cl)c(N)nc1N. The second-order valence-corrected chi connectivity index (χ2v) is 7.03. The van der Waals surface area contributed by atoms with E-state index in [4.69, 9.17) is 39.9 Å². The summed E-state index contributed by atoms with van der Waals surface area (Å²) in [5.41, 5.74) is 23.6. The van der Waals surface area contributed by atoms with Gasteiger partial charge in [0.1, 0.15) is 0 Å². The Hall–Kier alpha value is -3.44. The number of hydrogen-bond donors (Lipinski definition) is 6. The van der Waals surface area contributed by atoms with Crippen molar-refractivity contribution in [3.63, 3.8) is 0 Å². The lowest BCUT2D eigenvalue weighted by atomic mass is 10.1. The van der Waals surface area contributed by atoms with E-state index < -0.39 is 11.9 Å². The first-order valence-corrected chi connectivity index (χ1v) is 9.94. The van der Waals surface area contributed by atoms with Gasteiger partial charge in [0.15, 0.2) is 28.4 Å². The van der Waals surface area contributed by atoms with Gasteiger partial charge in [-0.2, -0.15) is 0 Å². The molecule has 2 rings (SSSR count). The molecule has 2 aromatic rings. The van der Waals surface area contributed by atoms with Crippen molar-refractivity contribution in [1.82, 2.24) is 20.2 Å². The number of aromatic nitrogens is 2. The van der Waals surface area contributed by atoms with Gasteiger partial charge in [-0.3, -0.25) is 19.9 Å². The summed E-state index contributed by atoms with van der Waals surface area (Å²) in [7, 11) is 0. The number of unbranched alkanes of at least 4 members (excludes halogenated alkanes) is 1. The zero-order chi connectivity index (χ0) is 23.0. The fraction of sp³-hybridized carbons (Fsp3) is 0.316. The molecule has 31 heavy (non-hydrogen) atoms. The number of aryl methyl sites for hydroxylation is 1. The number of carbonyl (C=O) groups excluding carboxylic acids is 2. The highest BCUT2D eigenvalue weighted by Crippen LogP contribution is 2.19. The predicted octanol–water partition coefficient (Wildman–Crippen LogP) is 0.341. The number of amides is 2. The molecular formula is C19H26ClN9O2. The van der Waals surface area contributed by atoms with Gasteiger partial charge in [-0.25, -0.2) is 9.97 Å². The van der Waals surface area contributed by atoms with Gasteiger partial charge in [-0.05, 0) is 37.0 Å². The lowest BCUT2D eigenvalue weighted by molar-refractivity contribution is 0.0838. The van der Waals surface area contributed by atoms with Crippen LogP contribution in [0.3, 0.4) is 0 Å². The van der Waals surface area contributed by atoms with Gasteiger partial charge in [-0.1, -0.05) is 23.7 Å². The predicted molar refractivity (Wildman–Crippen MR) is 120 cm³/mol. The number of guanidine groups is 1. The molecule has 11 nitrogen and oxygen atoms in total. The molecule has 0 aliphatic carbocycles. The summed E-state index contributed by atoms with van der Waals surface area (Å²) in [5, 5.41) is 10.3. The number of nitrogens with zero attached hydrogens (tertiary/aromatic N) is 3. The third-order valence-electron chi connectivity index (χ3n) is 4.39. The summed E-state index contributed by atoms with van der Waals surface area (Å²) < 4.78 is 0. The molecule has 0 aliphatic rings. The van der Waals surface area contributed by atoms with E-state index in [1.54, 1.807) is 12.1 Å². The normalized spacial score (nSPS) is 10.5. The fourth-order valence-electron chi connectivity index (χ4n) is 2.77. The van der Waals surface area contributed by atoms with Gasteiger partial charge < -0.3 is 28.3 Å². The second kappa shape index (κ2) is 11.1. The lowest BCUT2D eigenvalue weighted by Crippen LogP contribution is -2.42. The van der Waals surface area contributed by atoms with Crippen molar-refractivity contribution in [3.8, 4) is 0 Å². The van der Waals surface area contributed by atoms with Crippen molar-refractivity contribution in [2.45, 2.75) is 19.3 Å². The minimum absolute atomic E-state index is 0.0898. The minimum Gasteiger partial charge on any atom is -0.382 e. The monoisotopic (exact) mass is 447 g/mol. The fourth-order valence-corrected chi connectivity index (χ4v) is 2.89. The molecule has 1 aromatic heterocycles. The van der Waals surface area contributed by atoms with Crippen molar-refractivity contribution in [2.24, 2.45) is 11.5 Å². The molecule has 166 valence electrons. The van der Waals surface area contributed by atoms with Crippen molar-refractivity contribution in [1.29, 1.82) is 5.41 Å².